The first-order valence-electron chi connectivity index (χ1n) is 9.31. The SMILES string of the molecule is N#Cc1c(N2C(=O)[C@@H]3[C@H](C2=O)[C@H]2C=C[C@H]3C2)sc2c1CCCCCC2. The molecule has 3 aliphatic carbocycles. The van der Waals surface area contributed by atoms with Crippen molar-refractivity contribution in [1.82, 2.24) is 0 Å². The maximum absolute atomic E-state index is 13.1. The lowest BCUT2D eigenvalue weighted by Crippen LogP contribution is -2.32. The molecule has 2 bridgehead atoms. The summed E-state index contributed by atoms with van der Waals surface area (Å²) in [4.78, 5) is 28.7. The van der Waals surface area contributed by atoms with Crippen molar-refractivity contribution < 1.29 is 9.59 Å². The molecule has 128 valence electrons. The minimum absolute atomic E-state index is 0.0717. The second kappa shape index (κ2) is 5.54. The van der Waals surface area contributed by atoms with Crippen LogP contribution in [0.25, 0.3) is 0 Å². The molecule has 0 aromatic carbocycles. The molecule has 0 N–H and O–H groups in total. The van der Waals surface area contributed by atoms with Crippen LogP contribution in [0, 0.1) is 35.0 Å². The van der Waals surface area contributed by atoms with Crippen LogP contribution in [0.1, 0.15) is 48.1 Å². The van der Waals surface area contributed by atoms with E-state index < -0.39 is 0 Å². The lowest BCUT2D eigenvalue weighted by molar-refractivity contribution is -0.123. The van der Waals surface area contributed by atoms with E-state index in [4.69, 9.17) is 0 Å². The topological polar surface area (TPSA) is 61.2 Å². The predicted octanol–water partition coefficient (Wildman–Crippen LogP) is 3.59. The third-order valence-electron chi connectivity index (χ3n) is 6.44. The van der Waals surface area contributed by atoms with Crippen molar-refractivity contribution in [3.05, 3.63) is 28.2 Å². The van der Waals surface area contributed by atoms with Crippen LogP contribution in [0.15, 0.2) is 12.2 Å². The number of imide groups is 1. The van der Waals surface area contributed by atoms with E-state index in [1.807, 2.05) is 0 Å². The second-order valence-electron chi connectivity index (χ2n) is 7.72. The Labute approximate surface area is 151 Å². The standard InChI is InChI=1S/C20H20N2O2S/c21-10-14-13-5-3-1-2-4-6-15(13)25-20(14)22-18(23)16-11-7-8-12(9-11)17(16)19(22)24/h7-8,11-12,16-17H,1-6,9H2/t11-,12-,16-,17+/m0/s1. The fourth-order valence-corrected chi connectivity index (χ4v) is 6.63. The number of hydrogen-bond acceptors (Lipinski definition) is 4. The minimum Gasteiger partial charge on any atom is -0.274 e. The van der Waals surface area contributed by atoms with E-state index in [0.717, 1.165) is 37.7 Å². The molecule has 4 nitrogen and oxygen atoms in total. The van der Waals surface area contributed by atoms with E-state index in [1.165, 1.54) is 34.0 Å². The number of carbonyl (C=O) groups excluding carboxylic acids is 2. The van der Waals surface area contributed by atoms with Gasteiger partial charge in [0.15, 0.2) is 0 Å². The van der Waals surface area contributed by atoms with Crippen LogP contribution in [0.2, 0.25) is 0 Å². The smallest absolute Gasteiger partial charge is 0.238 e. The normalized spacial score (nSPS) is 33.2. The van der Waals surface area contributed by atoms with Crippen LogP contribution in [-0.2, 0) is 22.4 Å². The third kappa shape index (κ3) is 2.04. The highest BCUT2D eigenvalue weighted by Gasteiger charge is 2.60. The van der Waals surface area contributed by atoms with E-state index in [2.05, 4.69) is 18.2 Å². The summed E-state index contributed by atoms with van der Waals surface area (Å²) in [6.45, 7) is 0. The van der Waals surface area contributed by atoms with Gasteiger partial charge in [-0.3, -0.25) is 9.59 Å². The van der Waals surface area contributed by atoms with Crippen molar-refractivity contribution >= 4 is 28.2 Å². The summed E-state index contributed by atoms with van der Waals surface area (Å²) < 4.78 is 0. The molecule has 1 aromatic heterocycles. The lowest BCUT2D eigenvalue weighted by Gasteiger charge is -2.15. The molecule has 0 unspecified atom stereocenters. The zero-order valence-corrected chi connectivity index (χ0v) is 14.8. The number of nitriles is 1. The van der Waals surface area contributed by atoms with E-state index in [0.29, 0.717) is 10.6 Å². The molecule has 0 radical (unpaired) electrons. The summed E-state index contributed by atoms with van der Waals surface area (Å²) >= 11 is 1.52. The van der Waals surface area contributed by atoms with Crippen molar-refractivity contribution in [2.45, 2.75) is 44.9 Å². The monoisotopic (exact) mass is 352 g/mol. The summed E-state index contributed by atoms with van der Waals surface area (Å²) in [6, 6.07) is 2.32. The molecule has 0 spiro atoms. The molecule has 5 heteroatoms. The number of hydrogen-bond donors (Lipinski definition) is 0. The highest BCUT2D eigenvalue weighted by molar-refractivity contribution is 7.17. The Morgan fingerprint density at radius 1 is 1.00 bits per heavy atom. The summed E-state index contributed by atoms with van der Waals surface area (Å²) in [6.07, 6.45) is 11.6. The molecular weight excluding hydrogens is 332 g/mol. The minimum atomic E-state index is -0.196. The van der Waals surface area contributed by atoms with Gasteiger partial charge >= 0.3 is 0 Å². The van der Waals surface area contributed by atoms with Gasteiger partial charge in [-0.15, -0.1) is 11.3 Å². The van der Waals surface area contributed by atoms with Gasteiger partial charge in [0.2, 0.25) is 11.8 Å². The lowest BCUT2D eigenvalue weighted by atomic mass is 9.85. The Kier molecular flexibility index (Phi) is 3.40. The van der Waals surface area contributed by atoms with Crippen LogP contribution in [0.4, 0.5) is 5.00 Å². The quantitative estimate of drug-likeness (QED) is 0.573. The van der Waals surface area contributed by atoms with Gasteiger partial charge in [-0.05, 0) is 49.5 Å². The Hall–Kier alpha value is -1.93. The number of allylic oxidation sites excluding steroid dienone is 2. The van der Waals surface area contributed by atoms with E-state index in [9.17, 15) is 14.9 Å². The van der Waals surface area contributed by atoms with Gasteiger partial charge in [-0.2, -0.15) is 5.26 Å². The zero-order chi connectivity index (χ0) is 17.1. The maximum Gasteiger partial charge on any atom is 0.238 e. The number of amides is 2. The third-order valence-corrected chi connectivity index (χ3v) is 7.71. The Balaban J connectivity index is 1.58. The highest BCUT2D eigenvalue weighted by Crippen LogP contribution is 2.54. The van der Waals surface area contributed by atoms with Crippen LogP contribution in [0.3, 0.4) is 0 Å². The average molecular weight is 352 g/mol. The first-order valence-corrected chi connectivity index (χ1v) is 10.1. The van der Waals surface area contributed by atoms with Gasteiger partial charge < -0.3 is 0 Å². The number of thiophene rings is 1. The van der Waals surface area contributed by atoms with Gasteiger partial charge in [0.05, 0.1) is 17.4 Å². The molecule has 1 aliphatic heterocycles. The molecular formula is C20H20N2O2S. The molecule has 1 saturated heterocycles. The van der Waals surface area contributed by atoms with Crippen LogP contribution >= 0.6 is 11.3 Å². The molecule has 2 fully saturated rings. The first-order chi connectivity index (χ1) is 12.2. The number of nitrogens with zero attached hydrogens (tertiary/aromatic N) is 2. The summed E-state index contributed by atoms with van der Waals surface area (Å²) in [5, 5.41) is 10.4. The van der Waals surface area contributed by atoms with Crippen molar-refractivity contribution in [3.63, 3.8) is 0 Å². The number of rotatable bonds is 1. The Morgan fingerprint density at radius 3 is 2.28 bits per heavy atom. The number of carbonyl (C=O) groups is 2. The number of fused-ring (bicyclic) bond motifs is 6. The Morgan fingerprint density at radius 2 is 1.64 bits per heavy atom. The molecule has 2 amide bonds. The maximum atomic E-state index is 13.1. The van der Waals surface area contributed by atoms with Gasteiger partial charge in [0.25, 0.3) is 0 Å². The summed E-state index contributed by atoms with van der Waals surface area (Å²) in [5.74, 6) is -0.112. The number of anilines is 1. The molecule has 1 saturated carbocycles. The zero-order valence-electron chi connectivity index (χ0n) is 14.0. The van der Waals surface area contributed by atoms with Gasteiger partial charge in [0, 0.05) is 4.88 Å². The average Bonchev–Trinajstić information content (AvgIpc) is 3.31. The molecule has 5 rings (SSSR count). The van der Waals surface area contributed by atoms with E-state index in [1.54, 1.807) is 0 Å². The molecule has 2 heterocycles. The van der Waals surface area contributed by atoms with Crippen molar-refractivity contribution in [3.8, 4) is 6.07 Å². The summed E-state index contributed by atoms with van der Waals surface area (Å²) in [7, 11) is 0. The van der Waals surface area contributed by atoms with Gasteiger partial charge in [-0.1, -0.05) is 25.0 Å². The fourth-order valence-electron chi connectivity index (χ4n) is 5.28. The number of aryl methyl sites for hydroxylation is 1. The van der Waals surface area contributed by atoms with Crippen molar-refractivity contribution in [2.24, 2.45) is 23.7 Å². The van der Waals surface area contributed by atoms with Gasteiger partial charge in [-0.25, -0.2) is 4.90 Å². The van der Waals surface area contributed by atoms with Crippen molar-refractivity contribution in [2.75, 3.05) is 4.90 Å². The highest BCUT2D eigenvalue weighted by atomic mass is 32.1. The molecule has 1 aromatic rings. The molecule has 25 heavy (non-hydrogen) atoms. The van der Waals surface area contributed by atoms with Crippen molar-refractivity contribution in [1.29, 1.82) is 5.26 Å². The largest absolute Gasteiger partial charge is 0.274 e. The van der Waals surface area contributed by atoms with Crippen LogP contribution in [-0.4, -0.2) is 11.8 Å². The first kappa shape index (κ1) is 15.3. The van der Waals surface area contributed by atoms with Crippen LogP contribution in [0.5, 0.6) is 0 Å². The summed E-state index contributed by atoms with van der Waals surface area (Å²) in [5.41, 5.74) is 1.69. The van der Waals surface area contributed by atoms with Crippen LogP contribution < -0.4 is 4.90 Å². The second-order valence-corrected chi connectivity index (χ2v) is 8.81. The van der Waals surface area contributed by atoms with E-state index >= 15 is 0 Å². The predicted molar refractivity (Wildman–Crippen MR) is 95.1 cm³/mol. The molecule has 4 aliphatic rings. The molecule has 4 atom stereocenters. The van der Waals surface area contributed by atoms with E-state index in [-0.39, 0.29) is 35.5 Å². The van der Waals surface area contributed by atoms with Gasteiger partial charge in [0.1, 0.15) is 11.1 Å². The fraction of sp³-hybridized carbons (Fsp3) is 0.550. The Bertz CT molecular complexity index is 817.